The molecule has 1 atom stereocenters. The quantitative estimate of drug-likeness (QED) is 0.791. The van der Waals surface area contributed by atoms with Crippen molar-refractivity contribution in [1.29, 1.82) is 0 Å². The van der Waals surface area contributed by atoms with Crippen molar-refractivity contribution in [3.8, 4) is 11.5 Å². The Hall–Kier alpha value is -2.67. The van der Waals surface area contributed by atoms with Crippen LogP contribution < -0.4 is 9.47 Å². The highest BCUT2D eigenvalue weighted by Crippen LogP contribution is 2.30. The first kappa shape index (κ1) is 19.6. The number of carbonyl (C=O) groups is 1. The van der Waals surface area contributed by atoms with Crippen molar-refractivity contribution >= 4 is 5.91 Å². The summed E-state index contributed by atoms with van der Waals surface area (Å²) in [5.74, 6) is 2.22. The molecule has 0 unspecified atom stereocenters. The summed E-state index contributed by atoms with van der Waals surface area (Å²) in [6, 6.07) is 5.31. The van der Waals surface area contributed by atoms with E-state index in [2.05, 4.69) is 16.9 Å². The molecule has 2 aliphatic heterocycles. The van der Waals surface area contributed by atoms with Gasteiger partial charge in [0.25, 0.3) is 5.91 Å². The number of fused-ring (bicyclic) bond motifs is 1. The minimum atomic E-state index is -0.0196. The second kappa shape index (κ2) is 8.37. The molecule has 0 aliphatic carbocycles. The zero-order valence-electron chi connectivity index (χ0n) is 17.4. The number of hydrogen-bond acceptors (Lipinski definition) is 6. The number of nitrogens with zero attached hydrogens (tertiary/aromatic N) is 4. The first-order valence-electron chi connectivity index (χ1n) is 10.1. The Labute approximate surface area is 171 Å². The average Bonchev–Trinajstić information content (AvgIpc) is 2.77. The van der Waals surface area contributed by atoms with Crippen LogP contribution in [0.5, 0.6) is 11.5 Å². The number of aromatic nitrogens is 2. The molecule has 0 bridgehead atoms. The molecule has 1 aromatic heterocycles. The molecule has 154 valence electrons. The van der Waals surface area contributed by atoms with Crippen LogP contribution in [-0.4, -0.2) is 66.6 Å². The molecule has 7 nitrogen and oxygen atoms in total. The number of hydrogen-bond donors (Lipinski definition) is 0. The Balaban J connectivity index is 1.52. The minimum Gasteiger partial charge on any atom is -0.497 e. The van der Waals surface area contributed by atoms with Crippen LogP contribution >= 0.6 is 0 Å². The summed E-state index contributed by atoms with van der Waals surface area (Å²) in [7, 11) is 5.29. The lowest BCUT2D eigenvalue weighted by molar-refractivity contribution is 0.0701. The Bertz CT molecular complexity index is 902. The summed E-state index contributed by atoms with van der Waals surface area (Å²) in [4.78, 5) is 26.9. The maximum absolute atomic E-state index is 13.2. The number of likely N-dealkylation sites (tertiary alicyclic amines) is 1. The predicted octanol–water partition coefficient (Wildman–Crippen LogP) is 2.50. The van der Waals surface area contributed by atoms with Crippen molar-refractivity contribution in [3.05, 3.63) is 47.0 Å². The van der Waals surface area contributed by atoms with Crippen LogP contribution in [-0.2, 0) is 13.0 Å². The van der Waals surface area contributed by atoms with Crippen LogP contribution in [0, 0.1) is 0 Å². The van der Waals surface area contributed by atoms with Gasteiger partial charge < -0.3 is 19.3 Å². The molecule has 29 heavy (non-hydrogen) atoms. The predicted molar refractivity (Wildman–Crippen MR) is 109 cm³/mol. The summed E-state index contributed by atoms with van der Waals surface area (Å²) >= 11 is 0. The van der Waals surface area contributed by atoms with Gasteiger partial charge in [-0.25, -0.2) is 9.97 Å². The SMILES string of the molecule is COc1ccc(C(=O)N2CCC[C@@H](c3ncc4c(n3)CCN(C)C4)C2)c(OC)c1. The number of likely N-dealkylation sites (N-methyl/N-ethyl adjacent to an activating group) is 1. The lowest BCUT2D eigenvalue weighted by Gasteiger charge is -2.33. The number of benzene rings is 1. The average molecular weight is 396 g/mol. The second-order valence-corrected chi connectivity index (χ2v) is 7.84. The standard InChI is InChI=1S/C22H28N4O3/c1-25-10-8-19-16(13-25)12-23-21(24-19)15-5-4-9-26(14-15)22(27)18-7-6-17(28-2)11-20(18)29-3/h6-7,11-12,15H,4-5,8-10,13-14H2,1-3H3/t15-/m1/s1. The van der Waals surface area contributed by atoms with Crippen molar-refractivity contribution < 1.29 is 14.3 Å². The normalized spacial score (nSPS) is 19.6. The van der Waals surface area contributed by atoms with Crippen LogP contribution in [0.2, 0.25) is 0 Å². The highest BCUT2D eigenvalue weighted by molar-refractivity contribution is 5.97. The third-order valence-corrected chi connectivity index (χ3v) is 5.86. The Morgan fingerprint density at radius 2 is 2.07 bits per heavy atom. The molecule has 1 fully saturated rings. The zero-order chi connectivity index (χ0) is 20.4. The highest BCUT2D eigenvalue weighted by atomic mass is 16.5. The number of ether oxygens (including phenoxy) is 2. The van der Waals surface area contributed by atoms with Gasteiger partial charge in [0.2, 0.25) is 0 Å². The van der Waals surface area contributed by atoms with Crippen LogP contribution in [0.25, 0.3) is 0 Å². The lowest BCUT2D eigenvalue weighted by atomic mass is 9.95. The van der Waals surface area contributed by atoms with Crippen LogP contribution in [0.4, 0.5) is 0 Å². The summed E-state index contributed by atoms with van der Waals surface area (Å²) < 4.78 is 10.7. The molecule has 3 heterocycles. The van der Waals surface area contributed by atoms with E-state index in [4.69, 9.17) is 14.5 Å². The van der Waals surface area contributed by atoms with Gasteiger partial charge in [0.05, 0.1) is 19.8 Å². The van der Waals surface area contributed by atoms with Gasteiger partial charge in [-0.3, -0.25) is 4.79 Å². The maximum atomic E-state index is 13.2. The van der Waals surface area contributed by atoms with Gasteiger partial charge in [-0.1, -0.05) is 0 Å². The van der Waals surface area contributed by atoms with Crippen LogP contribution in [0.15, 0.2) is 24.4 Å². The van der Waals surface area contributed by atoms with Gasteiger partial charge in [-0.05, 0) is 32.0 Å². The van der Waals surface area contributed by atoms with E-state index >= 15 is 0 Å². The molecule has 0 radical (unpaired) electrons. The summed E-state index contributed by atoms with van der Waals surface area (Å²) in [5.41, 5.74) is 2.94. The molecule has 2 aliphatic rings. The Morgan fingerprint density at radius 3 is 2.86 bits per heavy atom. The van der Waals surface area contributed by atoms with E-state index in [9.17, 15) is 4.79 Å². The van der Waals surface area contributed by atoms with Crippen molar-refractivity contribution in [3.63, 3.8) is 0 Å². The van der Waals surface area contributed by atoms with Crippen molar-refractivity contribution in [2.24, 2.45) is 0 Å². The first-order valence-corrected chi connectivity index (χ1v) is 10.1. The van der Waals surface area contributed by atoms with Crippen LogP contribution in [0.1, 0.15) is 46.2 Å². The van der Waals surface area contributed by atoms with Gasteiger partial charge in [-0.2, -0.15) is 0 Å². The summed E-state index contributed by atoms with van der Waals surface area (Å²) in [6.07, 6.45) is 4.88. The van der Waals surface area contributed by atoms with Crippen LogP contribution in [0.3, 0.4) is 0 Å². The van der Waals surface area contributed by atoms with E-state index in [1.54, 1.807) is 32.4 Å². The molecule has 1 amide bonds. The third-order valence-electron chi connectivity index (χ3n) is 5.86. The van der Waals surface area contributed by atoms with Crippen molar-refractivity contribution in [2.45, 2.75) is 31.7 Å². The summed E-state index contributed by atoms with van der Waals surface area (Å²) in [5, 5.41) is 0. The zero-order valence-corrected chi connectivity index (χ0v) is 17.4. The largest absolute Gasteiger partial charge is 0.497 e. The molecule has 0 saturated carbocycles. The fourth-order valence-electron chi connectivity index (χ4n) is 4.19. The maximum Gasteiger partial charge on any atom is 0.257 e. The van der Waals surface area contributed by atoms with E-state index in [-0.39, 0.29) is 11.8 Å². The number of piperidine rings is 1. The first-order chi connectivity index (χ1) is 14.1. The number of amides is 1. The fraction of sp³-hybridized carbons (Fsp3) is 0.500. The molecule has 2 aromatic rings. The Kier molecular flexibility index (Phi) is 5.67. The lowest BCUT2D eigenvalue weighted by Crippen LogP contribution is -2.40. The molecular formula is C22H28N4O3. The topological polar surface area (TPSA) is 67.8 Å². The van der Waals surface area contributed by atoms with E-state index in [0.717, 1.165) is 50.4 Å². The second-order valence-electron chi connectivity index (χ2n) is 7.84. The van der Waals surface area contributed by atoms with E-state index in [0.29, 0.717) is 23.6 Å². The van der Waals surface area contributed by atoms with Gasteiger partial charge in [0.15, 0.2) is 0 Å². The monoisotopic (exact) mass is 396 g/mol. The van der Waals surface area contributed by atoms with Gasteiger partial charge in [-0.15, -0.1) is 0 Å². The van der Waals surface area contributed by atoms with Crippen molar-refractivity contribution in [1.82, 2.24) is 19.8 Å². The molecule has 1 aromatic carbocycles. The summed E-state index contributed by atoms with van der Waals surface area (Å²) in [6.45, 7) is 3.30. The molecule has 1 saturated heterocycles. The molecular weight excluding hydrogens is 368 g/mol. The Morgan fingerprint density at radius 1 is 1.21 bits per heavy atom. The number of rotatable bonds is 4. The van der Waals surface area contributed by atoms with Gasteiger partial charge in [0.1, 0.15) is 17.3 Å². The molecule has 7 heteroatoms. The van der Waals surface area contributed by atoms with Crippen molar-refractivity contribution in [2.75, 3.05) is 40.9 Å². The highest BCUT2D eigenvalue weighted by Gasteiger charge is 2.29. The van der Waals surface area contributed by atoms with E-state index < -0.39 is 0 Å². The smallest absolute Gasteiger partial charge is 0.257 e. The molecule has 0 N–H and O–H groups in total. The number of carbonyl (C=O) groups excluding carboxylic acids is 1. The van der Waals surface area contributed by atoms with E-state index in [1.165, 1.54) is 5.56 Å². The molecule has 4 rings (SSSR count). The van der Waals surface area contributed by atoms with Gasteiger partial charge >= 0.3 is 0 Å². The molecule has 0 spiro atoms. The fourth-order valence-corrected chi connectivity index (χ4v) is 4.19. The minimum absolute atomic E-state index is 0.0196. The van der Waals surface area contributed by atoms with E-state index in [1.807, 2.05) is 11.1 Å². The third kappa shape index (κ3) is 4.05. The van der Waals surface area contributed by atoms with Gasteiger partial charge in [0, 0.05) is 62.0 Å². The number of methoxy groups -OCH3 is 2.